The standard InChI is InChI=1S/C16H24BrNO2S/c1-12-5-6-14(17)11-15(12)21(19,20)18-9-7-13(8-10-18)16(2,3)4/h5-6,11,13H,7-10H2,1-4H3. The van der Waals surface area contributed by atoms with Crippen LogP contribution in [0.25, 0.3) is 0 Å². The molecule has 1 aromatic carbocycles. The molecule has 5 heteroatoms. The van der Waals surface area contributed by atoms with Gasteiger partial charge in [0.05, 0.1) is 4.90 Å². The third-order valence-electron chi connectivity index (χ3n) is 4.45. The molecule has 1 heterocycles. The van der Waals surface area contributed by atoms with Gasteiger partial charge in [0.1, 0.15) is 0 Å². The lowest BCUT2D eigenvalue weighted by Crippen LogP contribution is -2.41. The van der Waals surface area contributed by atoms with Crippen molar-refractivity contribution in [3.8, 4) is 0 Å². The summed E-state index contributed by atoms with van der Waals surface area (Å²) in [5, 5.41) is 0. The van der Waals surface area contributed by atoms with Gasteiger partial charge in [-0.1, -0.05) is 42.8 Å². The molecule has 0 bridgehead atoms. The van der Waals surface area contributed by atoms with E-state index < -0.39 is 10.0 Å². The Balaban J connectivity index is 2.21. The van der Waals surface area contributed by atoms with Crippen molar-refractivity contribution in [1.82, 2.24) is 4.31 Å². The Morgan fingerprint density at radius 3 is 2.29 bits per heavy atom. The van der Waals surface area contributed by atoms with E-state index in [1.54, 1.807) is 10.4 Å². The van der Waals surface area contributed by atoms with E-state index in [0.717, 1.165) is 22.9 Å². The molecule has 0 spiro atoms. The van der Waals surface area contributed by atoms with Crippen LogP contribution in [0, 0.1) is 18.3 Å². The van der Waals surface area contributed by atoms with E-state index in [-0.39, 0.29) is 5.41 Å². The van der Waals surface area contributed by atoms with E-state index in [2.05, 4.69) is 36.7 Å². The Labute approximate surface area is 136 Å². The van der Waals surface area contributed by atoms with Gasteiger partial charge in [-0.15, -0.1) is 0 Å². The minimum Gasteiger partial charge on any atom is -0.207 e. The number of halogens is 1. The Bertz CT molecular complexity index is 612. The minimum absolute atomic E-state index is 0.252. The Morgan fingerprint density at radius 2 is 1.76 bits per heavy atom. The first kappa shape index (κ1) is 17.0. The zero-order valence-electron chi connectivity index (χ0n) is 13.2. The van der Waals surface area contributed by atoms with E-state index in [0.29, 0.717) is 23.9 Å². The van der Waals surface area contributed by atoms with Gasteiger partial charge in [-0.2, -0.15) is 4.31 Å². The number of piperidine rings is 1. The molecule has 0 aromatic heterocycles. The number of nitrogens with zero attached hydrogens (tertiary/aromatic N) is 1. The summed E-state index contributed by atoms with van der Waals surface area (Å²) >= 11 is 3.37. The zero-order chi connectivity index (χ0) is 15.8. The maximum Gasteiger partial charge on any atom is 0.243 e. The predicted molar refractivity (Wildman–Crippen MR) is 89.8 cm³/mol. The maximum absolute atomic E-state index is 12.8. The van der Waals surface area contributed by atoms with Crippen LogP contribution >= 0.6 is 15.9 Å². The second-order valence-electron chi connectivity index (χ2n) is 6.95. The van der Waals surface area contributed by atoms with Crippen LogP contribution in [0.5, 0.6) is 0 Å². The fourth-order valence-electron chi connectivity index (χ4n) is 2.95. The molecular weight excluding hydrogens is 350 g/mol. The zero-order valence-corrected chi connectivity index (χ0v) is 15.6. The summed E-state index contributed by atoms with van der Waals surface area (Å²) in [5.74, 6) is 0.590. The van der Waals surface area contributed by atoms with Crippen LogP contribution in [0.3, 0.4) is 0 Å². The highest BCUT2D eigenvalue weighted by atomic mass is 79.9. The summed E-state index contributed by atoms with van der Waals surface area (Å²) in [6, 6.07) is 5.43. The third kappa shape index (κ3) is 3.69. The summed E-state index contributed by atoms with van der Waals surface area (Å²) < 4.78 is 28.1. The molecule has 1 aliphatic rings. The molecule has 3 nitrogen and oxygen atoms in total. The topological polar surface area (TPSA) is 37.4 Å². The first-order valence-electron chi connectivity index (χ1n) is 7.38. The van der Waals surface area contributed by atoms with Crippen LogP contribution in [0.15, 0.2) is 27.6 Å². The van der Waals surface area contributed by atoms with Gasteiger partial charge < -0.3 is 0 Å². The summed E-state index contributed by atoms with van der Waals surface area (Å²) in [4.78, 5) is 0.422. The molecule has 0 saturated carbocycles. The highest BCUT2D eigenvalue weighted by Gasteiger charge is 2.34. The molecule has 0 N–H and O–H groups in total. The van der Waals surface area contributed by atoms with E-state index in [1.807, 2.05) is 19.1 Å². The SMILES string of the molecule is Cc1ccc(Br)cc1S(=O)(=O)N1CCC(C(C)(C)C)CC1. The van der Waals surface area contributed by atoms with Gasteiger partial charge in [0.2, 0.25) is 10.0 Å². The number of benzene rings is 1. The lowest BCUT2D eigenvalue weighted by molar-refractivity contribution is 0.154. The highest BCUT2D eigenvalue weighted by molar-refractivity contribution is 9.10. The summed E-state index contributed by atoms with van der Waals surface area (Å²) in [7, 11) is -3.38. The van der Waals surface area contributed by atoms with Gasteiger partial charge in [0.25, 0.3) is 0 Å². The highest BCUT2D eigenvalue weighted by Crippen LogP contribution is 2.36. The van der Waals surface area contributed by atoms with Crippen molar-refractivity contribution in [1.29, 1.82) is 0 Å². The molecular formula is C16H24BrNO2S. The van der Waals surface area contributed by atoms with Crippen molar-refractivity contribution in [2.24, 2.45) is 11.3 Å². The summed E-state index contributed by atoms with van der Waals surface area (Å²) in [6.45, 7) is 9.80. The fourth-order valence-corrected chi connectivity index (χ4v) is 5.19. The molecule has 0 atom stereocenters. The van der Waals surface area contributed by atoms with Crippen LogP contribution in [-0.4, -0.2) is 25.8 Å². The van der Waals surface area contributed by atoms with Gasteiger partial charge in [-0.05, 0) is 48.8 Å². The Morgan fingerprint density at radius 1 is 1.19 bits per heavy atom. The van der Waals surface area contributed by atoms with Crippen molar-refractivity contribution in [3.63, 3.8) is 0 Å². The molecule has 1 aromatic rings. The second-order valence-corrected chi connectivity index (χ2v) is 9.78. The molecule has 118 valence electrons. The van der Waals surface area contributed by atoms with Crippen molar-refractivity contribution >= 4 is 26.0 Å². The number of sulfonamides is 1. The minimum atomic E-state index is -3.38. The molecule has 2 rings (SSSR count). The van der Waals surface area contributed by atoms with Gasteiger partial charge in [0.15, 0.2) is 0 Å². The summed E-state index contributed by atoms with van der Waals surface area (Å²) in [6.07, 6.45) is 1.88. The molecule has 0 amide bonds. The van der Waals surface area contributed by atoms with Crippen LogP contribution < -0.4 is 0 Å². The second kappa shape index (κ2) is 6.01. The average Bonchev–Trinajstić information content (AvgIpc) is 2.40. The van der Waals surface area contributed by atoms with Crippen molar-refractivity contribution in [2.45, 2.75) is 45.4 Å². The van der Waals surface area contributed by atoms with Gasteiger partial charge >= 0.3 is 0 Å². The predicted octanol–water partition coefficient (Wildman–Crippen LogP) is 4.20. The molecule has 0 radical (unpaired) electrons. The van der Waals surface area contributed by atoms with Crippen LogP contribution in [0.1, 0.15) is 39.2 Å². The third-order valence-corrected chi connectivity index (χ3v) is 6.98. The first-order chi connectivity index (χ1) is 9.62. The molecule has 1 fully saturated rings. The monoisotopic (exact) mass is 373 g/mol. The number of rotatable bonds is 2. The molecule has 21 heavy (non-hydrogen) atoms. The smallest absolute Gasteiger partial charge is 0.207 e. The van der Waals surface area contributed by atoms with Gasteiger partial charge in [-0.25, -0.2) is 8.42 Å². The van der Waals surface area contributed by atoms with Crippen molar-refractivity contribution in [2.75, 3.05) is 13.1 Å². The normalized spacial score (nSPS) is 18.9. The average molecular weight is 374 g/mol. The number of hydrogen-bond acceptors (Lipinski definition) is 2. The molecule has 0 aliphatic carbocycles. The van der Waals surface area contributed by atoms with Gasteiger partial charge in [0, 0.05) is 17.6 Å². The fraction of sp³-hybridized carbons (Fsp3) is 0.625. The largest absolute Gasteiger partial charge is 0.243 e. The Hall–Kier alpha value is -0.390. The number of hydrogen-bond donors (Lipinski definition) is 0. The van der Waals surface area contributed by atoms with Crippen LogP contribution in [-0.2, 0) is 10.0 Å². The maximum atomic E-state index is 12.8. The molecule has 0 unspecified atom stereocenters. The quantitative estimate of drug-likeness (QED) is 0.778. The van der Waals surface area contributed by atoms with E-state index in [4.69, 9.17) is 0 Å². The van der Waals surface area contributed by atoms with E-state index >= 15 is 0 Å². The summed E-state index contributed by atoms with van der Waals surface area (Å²) in [5.41, 5.74) is 1.05. The number of aryl methyl sites for hydroxylation is 1. The van der Waals surface area contributed by atoms with Crippen LogP contribution in [0.4, 0.5) is 0 Å². The molecule has 1 aliphatic heterocycles. The van der Waals surface area contributed by atoms with Gasteiger partial charge in [-0.3, -0.25) is 0 Å². The van der Waals surface area contributed by atoms with E-state index in [1.165, 1.54) is 0 Å². The van der Waals surface area contributed by atoms with Crippen molar-refractivity contribution < 1.29 is 8.42 Å². The lowest BCUT2D eigenvalue weighted by Gasteiger charge is -2.38. The Kier molecular flexibility index (Phi) is 4.86. The van der Waals surface area contributed by atoms with E-state index in [9.17, 15) is 8.42 Å². The lowest BCUT2D eigenvalue weighted by atomic mass is 9.76. The molecule has 1 saturated heterocycles. The van der Waals surface area contributed by atoms with Crippen LogP contribution in [0.2, 0.25) is 0 Å². The van der Waals surface area contributed by atoms with Crippen molar-refractivity contribution in [3.05, 3.63) is 28.2 Å². The first-order valence-corrected chi connectivity index (χ1v) is 9.62.